The Morgan fingerprint density at radius 3 is 2.59 bits per heavy atom. The van der Waals surface area contributed by atoms with Crippen LogP contribution in [0.25, 0.3) is 11.1 Å². The second-order valence-corrected chi connectivity index (χ2v) is 7.09. The van der Waals surface area contributed by atoms with Crippen molar-refractivity contribution in [3.63, 3.8) is 0 Å². The van der Waals surface area contributed by atoms with E-state index >= 15 is 0 Å². The van der Waals surface area contributed by atoms with E-state index in [1.54, 1.807) is 26.8 Å². The molecule has 1 aliphatic rings. The minimum absolute atomic E-state index is 0.173. The average molecular weight is 361 g/mol. The summed E-state index contributed by atoms with van der Waals surface area (Å²) in [6.07, 6.45) is 8.43. The number of anilines is 1. The molecule has 0 aliphatic heterocycles. The van der Waals surface area contributed by atoms with E-state index in [9.17, 15) is 15.3 Å². The van der Waals surface area contributed by atoms with Gasteiger partial charge in [-0.25, -0.2) is 9.31 Å². The highest BCUT2D eigenvalue weighted by Crippen LogP contribution is 2.34. The molecule has 0 saturated carbocycles. The predicted octanol–water partition coefficient (Wildman–Crippen LogP) is 4.16. The molecule has 0 fully saturated rings. The Morgan fingerprint density at radius 2 is 2.00 bits per heavy atom. The molecular weight excluding hydrogens is 342 g/mol. The number of hydrogen-bond donors (Lipinski definition) is 1. The topological polar surface area (TPSA) is 103 Å². The molecule has 0 bridgehead atoms. The van der Waals surface area contributed by atoms with Crippen molar-refractivity contribution in [3.8, 4) is 12.1 Å². The van der Waals surface area contributed by atoms with Crippen LogP contribution in [-0.4, -0.2) is 21.3 Å². The van der Waals surface area contributed by atoms with Gasteiger partial charge in [-0.05, 0) is 45.3 Å². The maximum absolute atomic E-state index is 12.3. The summed E-state index contributed by atoms with van der Waals surface area (Å²) in [5, 5.41) is 26.4. The lowest BCUT2D eigenvalue weighted by atomic mass is 9.92. The number of pyridine rings is 1. The molecule has 1 amide bonds. The molecule has 0 saturated heterocycles. The summed E-state index contributed by atoms with van der Waals surface area (Å²) in [4.78, 5) is 12.3. The molecule has 0 radical (unpaired) electrons. The zero-order valence-corrected chi connectivity index (χ0v) is 15.4. The van der Waals surface area contributed by atoms with Gasteiger partial charge in [-0.1, -0.05) is 18.2 Å². The smallest absolute Gasteiger partial charge is 0.413 e. The Balaban J connectivity index is 2.25. The molecule has 2 heterocycles. The highest BCUT2D eigenvalue weighted by Gasteiger charge is 2.25. The molecule has 2 aromatic rings. The van der Waals surface area contributed by atoms with Crippen molar-refractivity contribution in [2.45, 2.75) is 39.2 Å². The fourth-order valence-corrected chi connectivity index (χ4v) is 2.97. The first-order chi connectivity index (χ1) is 12.9. The third-order valence-electron chi connectivity index (χ3n) is 3.97. The van der Waals surface area contributed by atoms with Crippen LogP contribution in [0.1, 0.15) is 50.3 Å². The van der Waals surface area contributed by atoms with Crippen LogP contribution in [0.15, 0.2) is 30.5 Å². The van der Waals surface area contributed by atoms with Crippen molar-refractivity contribution in [2.75, 3.05) is 5.32 Å². The fraction of sp³-hybridized carbons (Fsp3) is 0.300. The highest BCUT2D eigenvalue weighted by atomic mass is 16.6. The van der Waals surface area contributed by atoms with Crippen molar-refractivity contribution in [1.29, 1.82) is 10.5 Å². The van der Waals surface area contributed by atoms with Crippen LogP contribution in [-0.2, 0) is 4.74 Å². The number of nitriles is 2. The van der Waals surface area contributed by atoms with E-state index in [-0.39, 0.29) is 11.4 Å². The van der Waals surface area contributed by atoms with Gasteiger partial charge in [0.05, 0.1) is 17.3 Å². The van der Waals surface area contributed by atoms with Crippen LogP contribution in [0.2, 0.25) is 0 Å². The normalized spacial score (nSPS) is 13.6. The van der Waals surface area contributed by atoms with Crippen molar-refractivity contribution in [1.82, 2.24) is 9.61 Å². The van der Waals surface area contributed by atoms with Gasteiger partial charge in [0.15, 0.2) is 5.82 Å². The van der Waals surface area contributed by atoms with Crippen LogP contribution in [0.3, 0.4) is 0 Å². The van der Waals surface area contributed by atoms with Crippen LogP contribution in [0.5, 0.6) is 0 Å². The standard InChI is InChI=1S/C20H19N5O2/c1-20(2,3)27-19(26)24-18-15(12-22)17(13-7-5-4-6-8-13)14(11-21)16-9-10-23-25(16)18/h5,7-10H,4,6H2,1-3H3,(H,24,26). The molecule has 0 spiro atoms. The van der Waals surface area contributed by atoms with Gasteiger partial charge in [-0.2, -0.15) is 15.6 Å². The van der Waals surface area contributed by atoms with Gasteiger partial charge >= 0.3 is 6.09 Å². The Labute approximate surface area is 157 Å². The van der Waals surface area contributed by atoms with Crippen molar-refractivity contribution in [3.05, 3.63) is 47.2 Å². The molecule has 136 valence electrons. The number of nitrogens with zero attached hydrogens (tertiary/aromatic N) is 4. The van der Waals surface area contributed by atoms with Crippen molar-refractivity contribution in [2.24, 2.45) is 0 Å². The van der Waals surface area contributed by atoms with Gasteiger partial charge in [-0.3, -0.25) is 5.32 Å². The number of carbonyl (C=O) groups excluding carboxylic acids is 1. The van der Waals surface area contributed by atoms with Gasteiger partial charge in [-0.15, -0.1) is 0 Å². The monoisotopic (exact) mass is 361 g/mol. The number of rotatable bonds is 2. The molecule has 0 unspecified atom stereocenters. The summed E-state index contributed by atoms with van der Waals surface area (Å²) >= 11 is 0. The van der Waals surface area contributed by atoms with Crippen LogP contribution >= 0.6 is 0 Å². The summed E-state index contributed by atoms with van der Waals surface area (Å²) in [5.41, 5.74) is 1.62. The van der Waals surface area contributed by atoms with Crippen LogP contribution in [0.4, 0.5) is 10.6 Å². The molecule has 1 N–H and O–H groups in total. The Kier molecular flexibility index (Phi) is 4.70. The third-order valence-corrected chi connectivity index (χ3v) is 3.97. The lowest BCUT2D eigenvalue weighted by Crippen LogP contribution is -2.28. The molecule has 2 aromatic heterocycles. The Bertz CT molecular complexity index is 1060. The third kappa shape index (κ3) is 3.54. The predicted molar refractivity (Wildman–Crippen MR) is 101 cm³/mol. The second-order valence-electron chi connectivity index (χ2n) is 7.09. The van der Waals surface area contributed by atoms with E-state index in [4.69, 9.17) is 4.74 Å². The maximum Gasteiger partial charge on any atom is 0.413 e. The summed E-state index contributed by atoms with van der Waals surface area (Å²) in [6, 6.07) is 5.99. The minimum atomic E-state index is -0.695. The summed E-state index contributed by atoms with van der Waals surface area (Å²) in [7, 11) is 0. The van der Waals surface area contributed by atoms with Gasteiger partial charge in [0.25, 0.3) is 0 Å². The maximum atomic E-state index is 12.3. The van der Waals surface area contributed by atoms with E-state index < -0.39 is 11.7 Å². The number of allylic oxidation sites excluding steroid dienone is 4. The number of amides is 1. The zero-order valence-electron chi connectivity index (χ0n) is 15.4. The summed E-state index contributed by atoms with van der Waals surface area (Å²) in [5.74, 6) is 0.181. The highest BCUT2D eigenvalue weighted by molar-refractivity contribution is 5.93. The molecule has 1 aliphatic carbocycles. The Morgan fingerprint density at radius 1 is 1.26 bits per heavy atom. The van der Waals surface area contributed by atoms with Gasteiger partial charge in [0.2, 0.25) is 0 Å². The first-order valence-corrected chi connectivity index (χ1v) is 8.56. The summed E-state index contributed by atoms with van der Waals surface area (Å²) < 4.78 is 6.70. The van der Waals surface area contributed by atoms with Crippen molar-refractivity contribution >= 4 is 23.0 Å². The van der Waals surface area contributed by atoms with E-state index in [0.717, 1.165) is 18.4 Å². The number of aromatic nitrogens is 2. The number of ether oxygens (including phenoxy) is 1. The lowest BCUT2D eigenvalue weighted by Gasteiger charge is -2.21. The number of carbonyl (C=O) groups is 1. The van der Waals surface area contributed by atoms with Gasteiger partial charge < -0.3 is 4.74 Å². The van der Waals surface area contributed by atoms with E-state index in [1.807, 2.05) is 18.2 Å². The largest absolute Gasteiger partial charge is 0.444 e. The zero-order chi connectivity index (χ0) is 19.6. The number of fused-ring (bicyclic) bond motifs is 1. The number of hydrogen-bond acceptors (Lipinski definition) is 5. The molecule has 7 nitrogen and oxygen atoms in total. The lowest BCUT2D eigenvalue weighted by molar-refractivity contribution is 0.0635. The first kappa shape index (κ1) is 18.2. The molecule has 0 aromatic carbocycles. The van der Waals surface area contributed by atoms with Crippen molar-refractivity contribution < 1.29 is 9.53 Å². The number of nitrogens with one attached hydrogen (secondary N) is 1. The van der Waals surface area contributed by atoms with E-state index in [2.05, 4.69) is 22.6 Å². The fourth-order valence-electron chi connectivity index (χ4n) is 2.97. The molecule has 3 rings (SSSR count). The Hall–Kier alpha value is -3.58. The minimum Gasteiger partial charge on any atom is -0.444 e. The van der Waals surface area contributed by atoms with Gasteiger partial charge in [0, 0.05) is 5.56 Å². The quantitative estimate of drug-likeness (QED) is 0.865. The first-order valence-electron chi connectivity index (χ1n) is 8.56. The second kappa shape index (κ2) is 6.97. The van der Waals surface area contributed by atoms with E-state index in [1.165, 1.54) is 10.7 Å². The van der Waals surface area contributed by atoms with Crippen LogP contribution in [0, 0.1) is 22.7 Å². The molecule has 7 heteroatoms. The average Bonchev–Trinajstić information content (AvgIpc) is 3.10. The molecule has 27 heavy (non-hydrogen) atoms. The SMILES string of the molecule is CC(C)(C)OC(=O)Nc1c(C#N)c(C2=CCCC=C2)c(C#N)c2ccnn12. The van der Waals surface area contributed by atoms with E-state index in [0.29, 0.717) is 16.6 Å². The van der Waals surface area contributed by atoms with Gasteiger partial charge in [0.1, 0.15) is 23.3 Å². The summed E-state index contributed by atoms with van der Waals surface area (Å²) in [6.45, 7) is 5.26. The molecular formula is C20H19N5O2. The van der Waals surface area contributed by atoms with Crippen LogP contribution < -0.4 is 5.32 Å². The molecule has 0 atom stereocenters.